The van der Waals surface area contributed by atoms with Crippen LogP contribution in [0.3, 0.4) is 0 Å². The van der Waals surface area contributed by atoms with E-state index >= 15 is 0 Å². The van der Waals surface area contributed by atoms with Crippen molar-refractivity contribution in [2.75, 3.05) is 23.7 Å². The Kier molecular flexibility index (Phi) is 6.89. The molecule has 31 heavy (non-hydrogen) atoms. The van der Waals surface area contributed by atoms with Crippen molar-refractivity contribution >= 4 is 57.6 Å². The number of hydrogen-bond acceptors (Lipinski definition) is 4. The van der Waals surface area contributed by atoms with Crippen LogP contribution in [0.15, 0.2) is 53.5 Å². The lowest BCUT2D eigenvalue weighted by Crippen LogP contribution is -2.48. The molecule has 2 aromatic carbocycles. The van der Waals surface area contributed by atoms with Gasteiger partial charge in [-0.05, 0) is 68.3 Å². The van der Waals surface area contributed by atoms with Gasteiger partial charge in [-0.2, -0.15) is 0 Å². The Labute approximate surface area is 196 Å². The van der Waals surface area contributed by atoms with Gasteiger partial charge in [-0.15, -0.1) is 0 Å². The fraction of sp³-hybridized carbons (Fsp3) is 0.348. The summed E-state index contributed by atoms with van der Waals surface area (Å²) in [4.78, 5) is 34.8. The minimum atomic E-state index is -0.292. The van der Waals surface area contributed by atoms with Gasteiger partial charge in [0.2, 0.25) is 5.91 Å². The highest BCUT2D eigenvalue weighted by Crippen LogP contribution is 2.30. The first-order chi connectivity index (χ1) is 14.9. The van der Waals surface area contributed by atoms with Crippen LogP contribution in [-0.2, 0) is 4.79 Å². The lowest BCUT2D eigenvalue weighted by atomic mass is 9.95. The van der Waals surface area contributed by atoms with E-state index in [9.17, 15) is 9.59 Å². The average molecular weight is 476 g/mol. The standard InChI is InChI=1S/C23H23Cl2N3O2S/c1-15-14-31-23(26-15)28(20-10-8-19(25)9-11-20)22(30)17-3-2-12-27(13-17)21(29)16-4-6-18(24)7-5-16/h4-11,15,17H,2-3,12-14H2,1H3/t15-,17+/m0/s1. The molecule has 0 N–H and O–H groups in total. The summed E-state index contributed by atoms with van der Waals surface area (Å²) in [5.41, 5.74) is 1.33. The molecule has 0 saturated carbocycles. The summed E-state index contributed by atoms with van der Waals surface area (Å²) in [7, 11) is 0. The van der Waals surface area contributed by atoms with Crippen LogP contribution in [0.1, 0.15) is 30.1 Å². The van der Waals surface area contributed by atoms with Crippen LogP contribution in [0.5, 0.6) is 0 Å². The number of aliphatic imine (C=N–C) groups is 1. The zero-order valence-electron chi connectivity index (χ0n) is 17.1. The number of piperidine rings is 1. The molecular weight excluding hydrogens is 453 g/mol. The lowest BCUT2D eigenvalue weighted by Gasteiger charge is -2.35. The molecule has 0 aliphatic carbocycles. The molecule has 2 heterocycles. The normalized spacial score (nSPS) is 21.0. The van der Waals surface area contributed by atoms with E-state index < -0.39 is 0 Å². The maximum absolute atomic E-state index is 13.7. The van der Waals surface area contributed by atoms with E-state index in [0.717, 1.165) is 24.3 Å². The Morgan fingerprint density at radius 3 is 2.32 bits per heavy atom. The van der Waals surface area contributed by atoms with Crippen LogP contribution < -0.4 is 4.90 Å². The minimum absolute atomic E-state index is 0.0312. The second-order valence-electron chi connectivity index (χ2n) is 7.82. The predicted octanol–water partition coefficient (Wildman–Crippen LogP) is 5.37. The summed E-state index contributed by atoms with van der Waals surface area (Å²) in [5, 5.41) is 1.91. The third-order valence-electron chi connectivity index (χ3n) is 5.43. The number of carbonyl (C=O) groups excluding carboxylic acids is 2. The van der Waals surface area contributed by atoms with E-state index in [1.807, 2.05) is 19.1 Å². The van der Waals surface area contributed by atoms with Crippen molar-refractivity contribution in [3.63, 3.8) is 0 Å². The van der Waals surface area contributed by atoms with Gasteiger partial charge < -0.3 is 4.90 Å². The van der Waals surface area contributed by atoms with E-state index in [-0.39, 0.29) is 23.8 Å². The molecule has 1 saturated heterocycles. The largest absolute Gasteiger partial charge is 0.338 e. The number of benzene rings is 2. The minimum Gasteiger partial charge on any atom is -0.338 e. The fourth-order valence-corrected chi connectivity index (χ4v) is 5.12. The van der Waals surface area contributed by atoms with Gasteiger partial charge >= 0.3 is 0 Å². The lowest BCUT2D eigenvalue weighted by molar-refractivity contribution is -0.122. The highest BCUT2D eigenvalue weighted by molar-refractivity contribution is 8.14. The zero-order chi connectivity index (χ0) is 22.0. The number of carbonyl (C=O) groups is 2. The average Bonchev–Trinajstić information content (AvgIpc) is 3.21. The van der Waals surface area contributed by atoms with Crippen LogP contribution in [-0.4, -0.2) is 46.8 Å². The van der Waals surface area contributed by atoms with E-state index in [2.05, 4.69) is 4.99 Å². The van der Waals surface area contributed by atoms with Crippen LogP contribution in [0.25, 0.3) is 0 Å². The SMILES string of the molecule is C[C@H]1CSC(N(C(=O)[C@@H]2CCCN(C(=O)c3ccc(Cl)cc3)C2)c2ccc(Cl)cc2)=N1. The van der Waals surface area contributed by atoms with Crippen molar-refractivity contribution in [3.05, 3.63) is 64.1 Å². The van der Waals surface area contributed by atoms with Gasteiger partial charge in [-0.1, -0.05) is 35.0 Å². The zero-order valence-corrected chi connectivity index (χ0v) is 19.5. The van der Waals surface area contributed by atoms with Gasteiger partial charge in [-0.25, -0.2) is 0 Å². The number of thioether (sulfide) groups is 1. The van der Waals surface area contributed by atoms with Crippen molar-refractivity contribution in [1.29, 1.82) is 0 Å². The topological polar surface area (TPSA) is 53.0 Å². The summed E-state index contributed by atoms with van der Waals surface area (Å²) >= 11 is 13.6. The van der Waals surface area contributed by atoms with Crippen LogP contribution >= 0.6 is 35.0 Å². The highest BCUT2D eigenvalue weighted by Gasteiger charge is 2.35. The van der Waals surface area contributed by atoms with E-state index in [0.29, 0.717) is 33.9 Å². The molecular formula is C23H23Cl2N3O2S. The highest BCUT2D eigenvalue weighted by atomic mass is 35.5. The third kappa shape index (κ3) is 5.08. The Balaban J connectivity index is 1.56. The molecule has 0 aromatic heterocycles. The van der Waals surface area contributed by atoms with Crippen molar-refractivity contribution in [2.45, 2.75) is 25.8 Å². The molecule has 8 heteroatoms. The molecule has 2 aliphatic rings. The molecule has 5 nitrogen and oxygen atoms in total. The van der Waals surface area contributed by atoms with Crippen LogP contribution in [0, 0.1) is 5.92 Å². The van der Waals surface area contributed by atoms with Crippen molar-refractivity contribution < 1.29 is 9.59 Å². The first kappa shape index (κ1) is 22.2. The molecule has 2 atom stereocenters. The Morgan fingerprint density at radius 2 is 1.71 bits per heavy atom. The fourth-order valence-electron chi connectivity index (χ4n) is 3.82. The number of halogens is 2. The molecule has 162 valence electrons. The van der Waals surface area contributed by atoms with E-state index in [1.165, 1.54) is 0 Å². The second-order valence-corrected chi connectivity index (χ2v) is 9.68. The number of amides is 2. The number of anilines is 1. The Morgan fingerprint density at radius 1 is 1.06 bits per heavy atom. The summed E-state index contributed by atoms with van der Waals surface area (Å²) in [6.45, 7) is 3.06. The summed E-state index contributed by atoms with van der Waals surface area (Å²) in [6, 6.07) is 14.3. The third-order valence-corrected chi connectivity index (χ3v) is 7.13. The first-order valence-corrected chi connectivity index (χ1v) is 12.0. The molecule has 0 spiro atoms. The Hall–Kier alpha value is -2.02. The monoisotopic (exact) mass is 475 g/mol. The molecule has 1 fully saturated rings. The predicted molar refractivity (Wildman–Crippen MR) is 128 cm³/mol. The van der Waals surface area contributed by atoms with Crippen molar-refractivity contribution in [1.82, 2.24) is 4.90 Å². The summed E-state index contributed by atoms with van der Waals surface area (Å²) in [6.07, 6.45) is 1.51. The molecule has 2 amide bonds. The smallest absolute Gasteiger partial charge is 0.253 e. The van der Waals surface area contributed by atoms with Crippen molar-refractivity contribution in [3.8, 4) is 0 Å². The summed E-state index contributed by atoms with van der Waals surface area (Å²) < 4.78 is 0. The maximum Gasteiger partial charge on any atom is 0.253 e. The van der Waals surface area contributed by atoms with Crippen LogP contribution in [0.4, 0.5) is 5.69 Å². The van der Waals surface area contributed by atoms with Gasteiger partial charge in [0, 0.05) is 34.5 Å². The quantitative estimate of drug-likeness (QED) is 0.599. The Bertz CT molecular complexity index is 995. The van der Waals surface area contributed by atoms with Gasteiger partial charge in [-0.3, -0.25) is 19.5 Å². The van der Waals surface area contributed by atoms with Crippen molar-refractivity contribution in [2.24, 2.45) is 10.9 Å². The molecule has 4 rings (SSSR count). The van der Waals surface area contributed by atoms with E-state index in [1.54, 1.807) is 58.0 Å². The van der Waals surface area contributed by atoms with Gasteiger partial charge in [0.1, 0.15) is 0 Å². The molecule has 0 unspecified atom stereocenters. The number of rotatable bonds is 3. The van der Waals surface area contributed by atoms with E-state index in [4.69, 9.17) is 23.2 Å². The van der Waals surface area contributed by atoms with Gasteiger partial charge in [0.15, 0.2) is 5.17 Å². The number of hydrogen-bond donors (Lipinski definition) is 0. The number of amidine groups is 1. The van der Waals surface area contributed by atoms with Crippen LogP contribution in [0.2, 0.25) is 10.0 Å². The molecule has 0 radical (unpaired) electrons. The molecule has 0 bridgehead atoms. The molecule has 2 aliphatic heterocycles. The van der Waals surface area contributed by atoms with Gasteiger partial charge in [0.05, 0.1) is 17.6 Å². The number of likely N-dealkylation sites (tertiary alicyclic amines) is 1. The van der Waals surface area contributed by atoms with Gasteiger partial charge in [0.25, 0.3) is 5.91 Å². The molecule has 2 aromatic rings. The number of nitrogens with zero attached hydrogens (tertiary/aromatic N) is 3. The maximum atomic E-state index is 13.7. The summed E-state index contributed by atoms with van der Waals surface area (Å²) in [5.74, 6) is 0.447. The first-order valence-electron chi connectivity index (χ1n) is 10.3. The second kappa shape index (κ2) is 9.63.